The molecule has 0 aliphatic carbocycles. The first kappa shape index (κ1) is 22.8. The fraction of sp³-hybridized carbons (Fsp3) is 0.167. The summed E-state index contributed by atoms with van der Waals surface area (Å²) in [6, 6.07) is 17.9. The molecule has 0 spiro atoms. The van der Waals surface area contributed by atoms with E-state index < -0.39 is 0 Å². The molecule has 0 aliphatic rings. The second-order valence-corrected chi connectivity index (χ2v) is 8.55. The molecule has 2 aromatic carbocycles. The smallest absolute Gasteiger partial charge is 0.224 e. The second-order valence-electron chi connectivity index (χ2n) is 7.17. The highest BCUT2D eigenvalue weighted by Gasteiger charge is 2.17. The van der Waals surface area contributed by atoms with E-state index in [4.69, 9.17) is 16.0 Å². The fourth-order valence-electron chi connectivity index (χ4n) is 3.11. The largest absolute Gasteiger partial charge is 0.467 e. The van der Waals surface area contributed by atoms with Crippen LogP contribution in [0.5, 0.6) is 0 Å². The van der Waals surface area contributed by atoms with Gasteiger partial charge in [0.15, 0.2) is 16.8 Å². The van der Waals surface area contributed by atoms with Gasteiger partial charge in [-0.2, -0.15) is 0 Å². The number of carbonyl (C=O) groups excluding carboxylic acids is 2. The van der Waals surface area contributed by atoms with Crippen molar-refractivity contribution in [2.75, 3.05) is 11.1 Å². The maximum absolute atomic E-state index is 12.8. The van der Waals surface area contributed by atoms with Gasteiger partial charge in [-0.05, 0) is 60.7 Å². The summed E-state index contributed by atoms with van der Waals surface area (Å²) >= 11 is 7.34. The topological polar surface area (TPSA) is 90.0 Å². The van der Waals surface area contributed by atoms with Gasteiger partial charge in [-0.15, -0.1) is 10.2 Å². The van der Waals surface area contributed by atoms with Crippen LogP contribution in [-0.4, -0.2) is 32.2 Å². The predicted octanol–water partition coefficient (Wildman–Crippen LogP) is 5.56. The lowest BCUT2D eigenvalue weighted by Gasteiger charge is -2.09. The first-order valence-corrected chi connectivity index (χ1v) is 11.7. The Morgan fingerprint density at radius 3 is 2.48 bits per heavy atom. The van der Waals surface area contributed by atoms with E-state index in [2.05, 4.69) is 15.5 Å². The molecule has 33 heavy (non-hydrogen) atoms. The summed E-state index contributed by atoms with van der Waals surface area (Å²) in [6.45, 7) is 2.22. The molecule has 0 unspecified atom stereocenters. The van der Waals surface area contributed by atoms with E-state index in [0.717, 1.165) is 11.3 Å². The maximum atomic E-state index is 12.8. The average molecular weight is 481 g/mol. The monoisotopic (exact) mass is 480 g/mol. The standard InChI is InChI=1S/C24H21ClN4O3S/c1-2-22(31)26-19-11-7-16(8-12-19)21(30)15-33-24-28-27-23(17-5-9-18(25)10-6-17)29(24)14-20-4-3-13-32-20/h3-13H,2,14-15H2,1H3,(H,26,31). The molecule has 2 aromatic heterocycles. The fourth-order valence-corrected chi connectivity index (χ4v) is 4.07. The van der Waals surface area contributed by atoms with Crippen molar-refractivity contribution in [2.24, 2.45) is 0 Å². The van der Waals surface area contributed by atoms with Crippen LogP contribution in [0.4, 0.5) is 5.69 Å². The van der Waals surface area contributed by atoms with Gasteiger partial charge in [0.1, 0.15) is 5.76 Å². The Labute approximate surface area is 200 Å². The lowest BCUT2D eigenvalue weighted by molar-refractivity contribution is -0.115. The minimum Gasteiger partial charge on any atom is -0.467 e. The third kappa shape index (κ3) is 5.71. The first-order valence-electron chi connectivity index (χ1n) is 10.3. The van der Waals surface area contributed by atoms with Gasteiger partial charge in [-0.3, -0.25) is 14.2 Å². The number of amides is 1. The number of rotatable bonds is 9. The number of anilines is 1. The highest BCUT2D eigenvalue weighted by Crippen LogP contribution is 2.27. The lowest BCUT2D eigenvalue weighted by Crippen LogP contribution is -2.10. The van der Waals surface area contributed by atoms with Crippen molar-refractivity contribution in [3.8, 4) is 11.4 Å². The van der Waals surface area contributed by atoms with Crippen molar-refractivity contribution in [1.82, 2.24) is 14.8 Å². The zero-order valence-electron chi connectivity index (χ0n) is 17.8. The number of nitrogens with one attached hydrogen (secondary N) is 1. The summed E-state index contributed by atoms with van der Waals surface area (Å²) in [5.41, 5.74) is 2.09. The number of aromatic nitrogens is 3. The molecule has 4 aromatic rings. The molecule has 4 rings (SSSR count). The van der Waals surface area contributed by atoms with Crippen molar-refractivity contribution in [1.29, 1.82) is 0 Å². The SMILES string of the molecule is CCC(=O)Nc1ccc(C(=O)CSc2nnc(-c3ccc(Cl)cc3)n2Cc2ccco2)cc1. The summed E-state index contributed by atoms with van der Waals surface area (Å²) in [6.07, 6.45) is 2.01. The molecule has 0 saturated heterocycles. The number of ketones is 1. The summed E-state index contributed by atoms with van der Waals surface area (Å²) in [5, 5.41) is 12.7. The molecule has 0 atom stereocenters. The van der Waals surface area contributed by atoms with Crippen LogP contribution in [0.3, 0.4) is 0 Å². The predicted molar refractivity (Wildman–Crippen MR) is 129 cm³/mol. The van der Waals surface area contributed by atoms with Crippen LogP contribution in [0.15, 0.2) is 76.5 Å². The minimum absolute atomic E-state index is 0.0473. The van der Waals surface area contributed by atoms with Crippen molar-refractivity contribution in [3.63, 3.8) is 0 Å². The van der Waals surface area contributed by atoms with E-state index in [1.807, 2.05) is 28.8 Å². The lowest BCUT2D eigenvalue weighted by atomic mass is 10.1. The van der Waals surface area contributed by atoms with Gasteiger partial charge < -0.3 is 9.73 Å². The molecular formula is C24H21ClN4O3S. The summed E-state index contributed by atoms with van der Waals surface area (Å²) in [7, 11) is 0. The van der Waals surface area contributed by atoms with Crippen LogP contribution in [0.25, 0.3) is 11.4 Å². The number of benzene rings is 2. The molecule has 0 radical (unpaired) electrons. The number of halogens is 1. The molecule has 1 N–H and O–H groups in total. The van der Waals surface area contributed by atoms with Crippen molar-refractivity contribution < 1.29 is 14.0 Å². The average Bonchev–Trinajstić information content (AvgIpc) is 3.49. The highest BCUT2D eigenvalue weighted by molar-refractivity contribution is 7.99. The van der Waals surface area contributed by atoms with Crippen molar-refractivity contribution in [3.05, 3.63) is 83.3 Å². The highest BCUT2D eigenvalue weighted by atomic mass is 35.5. The van der Waals surface area contributed by atoms with E-state index in [1.165, 1.54) is 11.8 Å². The van der Waals surface area contributed by atoms with E-state index in [1.54, 1.807) is 49.6 Å². The molecule has 1 amide bonds. The van der Waals surface area contributed by atoms with Crippen LogP contribution in [0.1, 0.15) is 29.5 Å². The van der Waals surface area contributed by atoms with E-state index >= 15 is 0 Å². The van der Waals surface area contributed by atoms with Gasteiger partial charge >= 0.3 is 0 Å². The van der Waals surface area contributed by atoms with Gasteiger partial charge in [0.25, 0.3) is 0 Å². The Hall–Kier alpha value is -3.36. The van der Waals surface area contributed by atoms with Crippen molar-refractivity contribution in [2.45, 2.75) is 25.0 Å². The molecule has 0 bridgehead atoms. The summed E-state index contributed by atoms with van der Waals surface area (Å²) < 4.78 is 7.43. The van der Waals surface area contributed by atoms with E-state index in [-0.39, 0.29) is 17.4 Å². The molecule has 2 heterocycles. The van der Waals surface area contributed by atoms with Gasteiger partial charge in [0, 0.05) is 28.3 Å². The zero-order chi connectivity index (χ0) is 23.2. The molecule has 9 heteroatoms. The number of carbonyl (C=O) groups is 2. The summed E-state index contributed by atoms with van der Waals surface area (Å²) in [4.78, 5) is 24.3. The van der Waals surface area contributed by atoms with Crippen LogP contribution >= 0.6 is 23.4 Å². The summed E-state index contributed by atoms with van der Waals surface area (Å²) in [5.74, 6) is 1.49. The molecule has 0 aliphatic heterocycles. The molecule has 0 fully saturated rings. The second kappa shape index (κ2) is 10.5. The minimum atomic E-state index is -0.0722. The Kier molecular flexibility index (Phi) is 7.26. The van der Waals surface area contributed by atoms with Crippen LogP contribution in [0, 0.1) is 0 Å². The number of thioether (sulfide) groups is 1. The number of hydrogen-bond acceptors (Lipinski definition) is 6. The molecule has 0 saturated carbocycles. The van der Waals surface area contributed by atoms with Gasteiger partial charge in [0.05, 0.1) is 18.6 Å². The third-order valence-corrected chi connectivity index (χ3v) is 6.08. The zero-order valence-corrected chi connectivity index (χ0v) is 19.4. The number of hydrogen-bond donors (Lipinski definition) is 1. The Bertz CT molecular complexity index is 1240. The van der Waals surface area contributed by atoms with E-state index in [9.17, 15) is 9.59 Å². The number of nitrogens with zero attached hydrogens (tertiary/aromatic N) is 3. The number of furan rings is 1. The van der Waals surface area contributed by atoms with Crippen LogP contribution in [-0.2, 0) is 11.3 Å². The Balaban J connectivity index is 1.51. The van der Waals surface area contributed by atoms with Crippen LogP contribution < -0.4 is 5.32 Å². The molecule has 7 nitrogen and oxygen atoms in total. The van der Waals surface area contributed by atoms with Gasteiger partial charge in [-0.1, -0.05) is 30.3 Å². The van der Waals surface area contributed by atoms with Gasteiger partial charge in [0.2, 0.25) is 5.91 Å². The normalized spacial score (nSPS) is 10.8. The molecule has 168 valence electrons. The number of Topliss-reactive ketones (excluding diaryl/α,β-unsaturated/α-hetero) is 1. The third-order valence-electron chi connectivity index (χ3n) is 4.86. The van der Waals surface area contributed by atoms with Gasteiger partial charge in [-0.25, -0.2) is 0 Å². The van der Waals surface area contributed by atoms with E-state index in [0.29, 0.717) is 40.2 Å². The molecular weight excluding hydrogens is 460 g/mol. The first-order chi connectivity index (χ1) is 16.0. The maximum Gasteiger partial charge on any atom is 0.224 e. The van der Waals surface area contributed by atoms with Crippen molar-refractivity contribution >= 4 is 40.7 Å². The van der Waals surface area contributed by atoms with Crippen LogP contribution in [0.2, 0.25) is 5.02 Å². The Morgan fingerprint density at radius 1 is 1.06 bits per heavy atom. The Morgan fingerprint density at radius 2 is 1.82 bits per heavy atom. The quantitative estimate of drug-likeness (QED) is 0.249.